The van der Waals surface area contributed by atoms with E-state index in [2.05, 4.69) is 48.5 Å². The molecule has 0 radical (unpaired) electrons. The minimum Gasteiger partial charge on any atom is -0.311 e. The van der Waals surface area contributed by atoms with E-state index in [1.807, 2.05) is 11.3 Å². The molecule has 0 bridgehead atoms. The largest absolute Gasteiger partial charge is 0.311 e. The van der Waals surface area contributed by atoms with Crippen LogP contribution in [0.3, 0.4) is 0 Å². The fourth-order valence-corrected chi connectivity index (χ4v) is 2.71. The highest BCUT2D eigenvalue weighted by atomic mass is 32.1. The Balaban J connectivity index is 2.12. The van der Waals surface area contributed by atoms with Gasteiger partial charge in [-0.25, -0.2) is 0 Å². The van der Waals surface area contributed by atoms with E-state index in [0.717, 1.165) is 19.6 Å². The maximum atomic E-state index is 3.53. The molecular formula is C15H28N2S. The van der Waals surface area contributed by atoms with Crippen molar-refractivity contribution in [1.82, 2.24) is 10.2 Å². The van der Waals surface area contributed by atoms with Gasteiger partial charge in [-0.3, -0.25) is 4.90 Å². The van der Waals surface area contributed by atoms with Gasteiger partial charge in [-0.05, 0) is 38.3 Å². The predicted octanol–water partition coefficient (Wildman–Crippen LogP) is 3.74. The van der Waals surface area contributed by atoms with Gasteiger partial charge in [0.15, 0.2) is 0 Å². The number of unbranched alkanes of at least 4 members (excludes halogenated alkanes) is 2. The molecule has 0 aliphatic heterocycles. The van der Waals surface area contributed by atoms with E-state index in [4.69, 9.17) is 0 Å². The molecule has 0 saturated carbocycles. The Morgan fingerprint density at radius 3 is 2.72 bits per heavy atom. The monoisotopic (exact) mass is 268 g/mol. The zero-order valence-electron chi connectivity index (χ0n) is 12.1. The summed E-state index contributed by atoms with van der Waals surface area (Å²) in [5.41, 5.74) is 0. The molecule has 2 nitrogen and oxygen atoms in total. The quantitative estimate of drug-likeness (QED) is 0.650. The lowest BCUT2D eigenvalue weighted by molar-refractivity contribution is 0.217. The van der Waals surface area contributed by atoms with Crippen LogP contribution in [0.25, 0.3) is 0 Å². The zero-order chi connectivity index (χ0) is 13.2. The molecule has 0 atom stereocenters. The van der Waals surface area contributed by atoms with Gasteiger partial charge in [0.1, 0.15) is 0 Å². The Hall–Kier alpha value is -0.380. The number of thiophene rings is 1. The van der Waals surface area contributed by atoms with Gasteiger partial charge >= 0.3 is 0 Å². The van der Waals surface area contributed by atoms with E-state index < -0.39 is 0 Å². The number of rotatable bonds is 10. The van der Waals surface area contributed by atoms with Crippen molar-refractivity contribution in [3.63, 3.8) is 0 Å². The lowest BCUT2D eigenvalue weighted by Gasteiger charge is -2.26. The number of nitrogens with zero attached hydrogens (tertiary/aromatic N) is 1. The first-order chi connectivity index (χ1) is 8.74. The Bertz CT molecular complexity index is 283. The zero-order valence-corrected chi connectivity index (χ0v) is 12.9. The molecule has 1 aromatic rings. The normalized spacial score (nSPS) is 11.6. The molecule has 0 spiro atoms. The first-order valence-electron chi connectivity index (χ1n) is 7.21. The SMILES string of the molecule is CCCCCN(CCNCc1cccs1)C(C)C. The van der Waals surface area contributed by atoms with Gasteiger partial charge in [0, 0.05) is 30.6 Å². The van der Waals surface area contributed by atoms with Crippen molar-refractivity contribution in [1.29, 1.82) is 0 Å². The summed E-state index contributed by atoms with van der Waals surface area (Å²) in [6.07, 6.45) is 3.99. The number of nitrogens with one attached hydrogen (secondary N) is 1. The molecule has 0 aliphatic carbocycles. The second-order valence-corrected chi connectivity index (χ2v) is 6.13. The third kappa shape index (κ3) is 6.53. The maximum Gasteiger partial charge on any atom is 0.0300 e. The van der Waals surface area contributed by atoms with Crippen molar-refractivity contribution in [3.05, 3.63) is 22.4 Å². The molecule has 0 aliphatic rings. The summed E-state index contributed by atoms with van der Waals surface area (Å²) in [5, 5.41) is 5.67. The molecule has 0 fully saturated rings. The fraction of sp³-hybridized carbons (Fsp3) is 0.733. The molecule has 1 N–H and O–H groups in total. The molecule has 1 rings (SSSR count). The molecule has 0 aromatic carbocycles. The van der Waals surface area contributed by atoms with Crippen LogP contribution in [0.1, 0.15) is 44.9 Å². The second kappa shape index (κ2) is 9.54. The minimum atomic E-state index is 0.658. The van der Waals surface area contributed by atoms with Crippen LogP contribution in [0.2, 0.25) is 0 Å². The van der Waals surface area contributed by atoms with E-state index in [-0.39, 0.29) is 0 Å². The smallest absolute Gasteiger partial charge is 0.0300 e. The van der Waals surface area contributed by atoms with Gasteiger partial charge in [0.2, 0.25) is 0 Å². The standard InChI is InChI=1S/C15H28N2S/c1-4-5-6-10-17(14(2)3)11-9-16-13-15-8-7-12-18-15/h7-8,12,14,16H,4-6,9-11,13H2,1-3H3. The van der Waals surface area contributed by atoms with Gasteiger partial charge < -0.3 is 5.32 Å². The average Bonchev–Trinajstić information content (AvgIpc) is 2.85. The molecule has 104 valence electrons. The molecule has 0 saturated heterocycles. The van der Waals surface area contributed by atoms with Crippen LogP contribution in [-0.4, -0.2) is 30.6 Å². The summed E-state index contributed by atoms with van der Waals surface area (Å²) < 4.78 is 0. The first-order valence-corrected chi connectivity index (χ1v) is 8.09. The Kier molecular flexibility index (Phi) is 8.31. The summed E-state index contributed by atoms with van der Waals surface area (Å²) in [5.74, 6) is 0. The number of hydrogen-bond donors (Lipinski definition) is 1. The molecule has 1 aromatic heterocycles. The third-order valence-corrected chi connectivity index (χ3v) is 4.11. The summed E-state index contributed by atoms with van der Waals surface area (Å²) in [7, 11) is 0. The van der Waals surface area contributed by atoms with Crippen LogP contribution < -0.4 is 5.32 Å². The van der Waals surface area contributed by atoms with Crippen molar-refractivity contribution >= 4 is 11.3 Å². The van der Waals surface area contributed by atoms with Gasteiger partial charge in [0.05, 0.1) is 0 Å². The molecule has 1 heterocycles. The van der Waals surface area contributed by atoms with Crippen molar-refractivity contribution in [2.75, 3.05) is 19.6 Å². The second-order valence-electron chi connectivity index (χ2n) is 5.09. The molecule has 18 heavy (non-hydrogen) atoms. The fourth-order valence-electron chi connectivity index (χ4n) is 2.04. The van der Waals surface area contributed by atoms with Gasteiger partial charge in [-0.15, -0.1) is 11.3 Å². The number of hydrogen-bond acceptors (Lipinski definition) is 3. The summed E-state index contributed by atoms with van der Waals surface area (Å²) in [6, 6.07) is 4.97. The van der Waals surface area contributed by atoms with Gasteiger partial charge in [-0.1, -0.05) is 25.8 Å². The highest BCUT2D eigenvalue weighted by molar-refractivity contribution is 7.09. The topological polar surface area (TPSA) is 15.3 Å². The third-order valence-electron chi connectivity index (χ3n) is 3.23. The van der Waals surface area contributed by atoms with Crippen molar-refractivity contribution in [3.8, 4) is 0 Å². The Morgan fingerprint density at radius 1 is 1.28 bits per heavy atom. The lowest BCUT2D eigenvalue weighted by atomic mass is 10.2. The molecule has 0 amide bonds. The minimum absolute atomic E-state index is 0.658. The highest BCUT2D eigenvalue weighted by Gasteiger charge is 2.07. The average molecular weight is 268 g/mol. The Morgan fingerprint density at radius 2 is 2.11 bits per heavy atom. The molecule has 0 unspecified atom stereocenters. The van der Waals surface area contributed by atoms with Gasteiger partial charge in [0.25, 0.3) is 0 Å². The lowest BCUT2D eigenvalue weighted by Crippen LogP contribution is -2.37. The van der Waals surface area contributed by atoms with Crippen LogP contribution in [-0.2, 0) is 6.54 Å². The summed E-state index contributed by atoms with van der Waals surface area (Å²) >= 11 is 1.83. The molecule has 3 heteroatoms. The van der Waals surface area contributed by atoms with E-state index >= 15 is 0 Å². The van der Waals surface area contributed by atoms with Crippen molar-refractivity contribution in [2.24, 2.45) is 0 Å². The van der Waals surface area contributed by atoms with E-state index in [1.165, 1.54) is 30.7 Å². The van der Waals surface area contributed by atoms with E-state index in [9.17, 15) is 0 Å². The van der Waals surface area contributed by atoms with Crippen molar-refractivity contribution < 1.29 is 0 Å². The summed E-state index contributed by atoms with van der Waals surface area (Å²) in [6.45, 7) is 11.4. The van der Waals surface area contributed by atoms with Crippen LogP contribution in [0.5, 0.6) is 0 Å². The van der Waals surface area contributed by atoms with Gasteiger partial charge in [-0.2, -0.15) is 0 Å². The van der Waals surface area contributed by atoms with Crippen molar-refractivity contribution in [2.45, 2.75) is 52.6 Å². The van der Waals surface area contributed by atoms with E-state index in [1.54, 1.807) is 0 Å². The van der Waals surface area contributed by atoms with Crippen LogP contribution >= 0.6 is 11.3 Å². The Labute approximate surface area is 116 Å². The molecular weight excluding hydrogens is 240 g/mol. The summed E-state index contributed by atoms with van der Waals surface area (Å²) in [4.78, 5) is 4.01. The first kappa shape index (κ1) is 15.7. The van der Waals surface area contributed by atoms with E-state index in [0.29, 0.717) is 6.04 Å². The van der Waals surface area contributed by atoms with Crippen LogP contribution in [0, 0.1) is 0 Å². The van der Waals surface area contributed by atoms with Crippen LogP contribution in [0.4, 0.5) is 0 Å². The maximum absolute atomic E-state index is 3.53. The highest BCUT2D eigenvalue weighted by Crippen LogP contribution is 2.07. The van der Waals surface area contributed by atoms with Crippen LogP contribution in [0.15, 0.2) is 17.5 Å². The predicted molar refractivity (Wildman–Crippen MR) is 82.3 cm³/mol.